The summed E-state index contributed by atoms with van der Waals surface area (Å²) in [5, 5.41) is 16.6. The van der Waals surface area contributed by atoms with Gasteiger partial charge in [-0.1, -0.05) is 12.1 Å². The van der Waals surface area contributed by atoms with Crippen LogP contribution in [0.3, 0.4) is 0 Å². The molecule has 5 amide bonds. The molecule has 30 heavy (non-hydrogen) atoms. The zero-order valence-electron chi connectivity index (χ0n) is 16.7. The fraction of sp³-hybridized carbons (Fsp3) is 0.350. The van der Waals surface area contributed by atoms with E-state index in [0.29, 0.717) is 11.3 Å². The number of benzene rings is 1. The Morgan fingerprint density at radius 1 is 0.933 bits per heavy atom. The molecule has 0 aliphatic carbocycles. The molecular weight excluding hydrogens is 392 g/mol. The summed E-state index contributed by atoms with van der Waals surface area (Å²) < 4.78 is 0. The number of aliphatic hydroxyl groups excluding tert-OH is 1. The van der Waals surface area contributed by atoms with Crippen LogP contribution in [-0.4, -0.2) is 58.2 Å². The minimum Gasteiger partial charge on any atom is -0.392 e. The van der Waals surface area contributed by atoms with E-state index in [-0.39, 0.29) is 19.6 Å². The van der Waals surface area contributed by atoms with Gasteiger partial charge in [0, 0.05) is 30.8 Å². The topological polar surface area (TPSA) is 145 Å². The number of aliphatic hydroxyl groups is 1. The molecule has 2 unspecified atom stereocenters. The third kappa shape index (κ3) is 6.24. The first-order chi connectivity index (χ1) is 14.2. The minimum absolute atomic E-state index is 0.0846. The number of hydrogen-bond donors (Lipinski definition) is 4. The lowest BCUT2D eigenvalue weighted by atomic mass is 10.2. The Kier molecular flexibility index (Phi) is 7.82. The molecule has 0 fully saturated rings. The second-order valence-corrected chi connectivity index (χ2v) is 6.78. The van der Waals surface area contributed by atoms with Crippen molar-refractivity contribution in [3.8, 4) is 0 Å². The SMILES string of the molecule is CC(NC(=O)CCN1C(=O)C=CC1=O)C(=O)NC(C)C(=O)Nc1ccc(CO)cc1. The average Bonchev–Trinajstić information content (AvgIpc) is 3.04. The number of imide groups is 1. The van der Waals surface area contributed by atoms with E-state index in [0.717, 1.165) is 17.1 Å². The Morgan fingerprint density at radius 2 is 1.50 bits per heavy atom. The molecule has 0 saturated carbocycles. The van der Waals surface area contributed by atoms with Crippen molar-refractivity contribution in [3.05, 3.63) is 42.0 Å². The highest BCUT2D eigenvalue weighted by Gasteiger charge is 2.25. The summed E-state index contributed by atoms with van der Waals surface area (Å²) in [6.45, 7) is 2.77. The van der Waals surface area contributed by atoms with Gasteiger partial charge in [-0.25, -0.2) is 0 Å². The van der Waals surface area contributed by atoms with Crippen molar-refractivity contribution >= 4 is 35.2 Å². The Morgan fingerprint density at radius 3 is 2.07 bits per heavy atom. The number of rotatable bonds is 9. The first-order valence-corrected chi connectivity index (χ1v) is 9.35. The number of nitrogens with zero attached hydrogens (tertiary/aromatic N) is 1. The maximum Gasteiger partial charge on any atom is 0.253 e. The summed E-state index contributed by atoms with van der Waals surface area (Å²) >= 11 is 0. The van der Waals surface area contributed by atoms with Gasteiger partial charge in [0.2, 0.25) is 17.7 Å². The van der Waals surface area contributed by atoms with E-state index in [1.54, 1.807) is 24.3 Å². The molecule has 2 rings (SSSR count). The van der Waals surface area contributed by atoms with Gasteiger partial charge in [0.1, 0.15) is 12.1 Å². The van der Waals surface area contributed by atoms with Gasteiger partial charge in [0.15, 0.2) is 0 Å². The largest absolute Gasteiger partial charge is 0.392 e. The molecule has 0 saturated heterocycles. The molecule has 1 aromatic rings. The molecular formula is C20H24N4O6. The predicted octanol–water partition coefficient (Wildman–Crippen LogP) is -0.558. The zero-order valence-corrected chi connectivity index (χ0v) is 16.7. The van der Waals surface area contributed by atoms with Crippen LogP contribution in [0.25, 0.3) is 0 Å². The maximum atomic E-state index is 12.2. The number of hydrogen-bond acceptors (Lipinski definition) is 6. The third-order valence-corrected chi connectivity index (χ3v) is 4.39. The van der Waals surface area contributed by atoms with Crippen molar-refractivity contribution in [1.82, 2.24) is 15.5 Å². The predicted molar refractivity (Wildman–Crippen MR) is 107 cm³/mol. The highest BCUT2D eigenvalue weighted by atomic mass is 16.3. The van der Waals surface area contributed by atoms with E-state index in [9.17, 15) is 24.0 Å². The molecule has 1 aromatic carbocycles. The second kappa shape index (κ2) is 10.3. The van der Waals surface area contributed by atoms with Crippen molar-refractivity contribution < 1.29 is 29.1 Å². The summed E-state index contributed by atoms with van der Waals surface area (Å²) in [5.41, 5.74) is 1.22. The van der Waals surface area contributed by atoms with Crippen molar-refractivity contribution in [2.75, 3.05) is 11.9 Å². The number of anilines is 1. The monoisotopic (exact) mass is 416 g/mol. The number of nitrogens with one attached hydrogen (secondary N) is 3. The fourth-order valence-corrected chi connectivity index (χ4v) is 2.59. The number of amides is 5. The standard InChI is InChI=1S/C20H24N4O6/c1-12(21-16(26)9-10-24-17(27)7-8-18(24)28)19(29)22-13(2)20(30)23-15-5-3-14(11-25)4-6-15/h3-8,12-13,25H,9-11H2,1-2H3,(H,21,26)(H,22,29)(H,23,30). The third-order valence-electron chi connectivity index (χ3n) is 4.39. The van der Waals surface area contributed by atoms with Gasteiger partial charge in [0.05, 0.1) is 6.61 Å². The van der Waals surface area contributed by atoms with E-state index in [2.05, 4.69) is 16.0 Å². The van der Waals surface area contributed by atoms with Gasteiger partial charge in [0.25, 0.3) is 11.8 Å². The van der Waals surface area contributed by atoms with Gasteiger partial charge < -0.3 is 21.1 Å². The summed E-state index contributed by atoms with van der Waals surface area (Å²) in [6, 6.07) is 4.81. The first kappa shape index (κ1) is 22.8. The minimum atomic E-state index is -0.917. The van der Waals surface area contributed by atoms with Crippen molar-refractivity contribution in [3.63, 3.8) is 0 Å². The van der Waals surface area contributed by atoms with Crippen molar-refractivity contribution in [2.45, 2.75) is 39.0 Å². The number of carbonyl (C=O) groups excluding carboxylic acids is 5. The second-order valence-electron chi connectivity index (χ2n) is 6.78. The van der Waals surface area contributed by atoms with Crippen LogP contribution in [-0.2, 0) is 30.6 Å². The van der Waals surface area contributed by atoms with Crippen LogP contribution in [0.5, 0.6) is 0 Å². The van der Waals surface area contributed by atoms with Crippen LogP contribution in [0, 0.1) is 0 Å². The van der Waals surface area contributed by atoms with Crippen LogP contribution in [0.4, 0.5) is 5.69 Å². The molecule has 1 aliphatic rings. The number of carbonyl (C=O) groups is 5. The maximum absolute atomic E-state index is 12.2. The highest BCUT2D eigenvalue weighted by Crippen LogP contribution is 2.10. The average molecular weight is 416 g/mol. The summed E-state index contributed by atoms with van der Waals surface area (Å²) in [5.74, 6) is -2.48. The molecule has 1 heterocycles. The molecule has 0 radical (unpaired) electrons. The van der Waals surface area contributed by atoms with Gasteiger partial charge in [-0.15, -0.1) is 0 Å². The van der Waals surface area contributed by atoms with E-state index in [1.807, 2.05) is 0 Å². The lowest BCUT2D eigenvalue weighted by Gasteiger charge is -2.19. The van der Waals surface area contributed by atoms with Crippen LogP contribution in [0.2, 0.25) is 0 Å². The van der Waals surface area contributed by atoms with Gasteiger partial charge in [-0.3, -0.25) is 28.9 Å². The molecule has 10 nitrogen and oxygen atoms in total. The Hall–Kier alpha value is -3.53. The highest BCUT2D eigenvalue weighted by molar-refractivity contribution is 6.13. The van der Waals surface area contributed by atoms with E-state index >= 15 is 0 Å². The Bertz CT molecular complexity index is 847. The van der Waals surface area contributed by atoms with E-state index < -0.39 is 41.6 Å². The lowest BCUT2D eigenvalue weighted by molar-refractivity contribution is -0.137. The molecule has 1 aliphatic heterocycles. The van der Waals surface area contributed by atoms with Crippen LogP contribution < -0.4 is 16.0 Å². The molecule has 4 N–H and O–H groups in total. The zero-order chi connectivity index (χ0) is 22.3. The van der Waals surface area contributed by atoms with Crippen LogP contribution >= 0.6 is 0 Å². The Balaban J connectivity index is 1.76. The van der Waals surface area contributed by atoms with E-state index in [4.69, 9.17) is 5.11 Å². The van der Waals surface area contributed by atoms with Crippen molar-refractivity contribution in [2.24, 2.45) is 0 Å². The lowest BCUT2D eigenvalue weighted by Crippen LogP contribution is -2.50. The molecule has 0 aromatic heterocycles. The molecule has 0 spiro atoms. The van der Waals surface area contributed by atoms with Gasteiger partial charge >= 0.3 is 0 Å². The first-order valence-electron chi connectivity index (χ1n) is 9.35. The van der Waals surface area contributed by atoms with E-state index in [1.165, 1.54) is 13.8 Å². The van der Waals surface area contributed by atoms with Gasteiger partial charge in [-0.2, -0.15) is 0 Å². The van der Waals surface area contributed by atoms with Crippen LogP contribution in [0.15, 0.2) is 36.4 Å². The summed E-state index contributed by atoms with van der Waals surface area (Å²) in [6.07, 6.45) is 2.12. The smallest absolute Gasteiger partial charge is 0.253 e. The normalized spacial score (nSPS) is 15.0. The molecule has 2 atom stereocenters. The Labute approximate surface area is 173 Å². The fourth-order valence-electron chi connectivity index (χ4n) is 2.59. The van der Waals surface area contributed by atoms with Crippen molar-refractivity contribution in [1.29, 1.82) is 0 Å². The van der Waals surface area contributed by atoms with Gasteiger partial charge in [-0.05, 0) is 31.5 Å². The molecule has 0 bridgehead atoms. The quantitative estimate of drug-likeness (QED) is 0.397. The molecule has 160 valence electrons. The summed E-state index contributed by atoms with van der Waals surface area (Å²) in [7, 11) is 0. The summed E-state index contributed by atoms with van der Waals surface area (Å²) in [4.78, 5) is 60.3. The molecule has 10 heteroatoms. The van der Waals surface area contributed by atoms with Crippen LogP contribution in [0.1, 0.15) is 25.8 Å².